The van der Waals surface area contributed by atoms with Crippen LogP contribution in [-0.4, -0.2) is 25.2 Å². The molecule has 0 amide bonds. The molecule has 0 unspecified atom stereocenters. The van der Waals surface area contributed by atoms with Gasteiger partial charge in [-0.2, -0.15) is 5.26 Å². The minimum atomic E-state index is -0.366. The van der Waals surface area contributed by atoms with Crippen LogP contribution in [0.4, 0.5) is 0 Å². The highest BCUT2D eigenvalue weighted by Gasteiger charge is 2.10. The van der Waals surface area contributed by atoms with Gasteiger partial charge in [-0.15, -0.1) is 0 Å². The van der Waals surface area contributed by atoms with Crippen LogP contribution in [0.5, 0.6) is 5.75 Å². The fourth-order valence-electron chi connectivity index (χ4n) is 2.48. The molecule has 0 fully saturated rings. The van der Waals surface area contributed by atoms with Crippen molar-refractivity contribution in [3.05, 3.63) is 53.6 Å². The molecular formula is C18H14N2O3. The third-order valence-electron chi connectivity index (χ3n) is 3.67. The number of methoxy groups -OCH3 is 2. The second kappa shape index (κ2) is 5.85. The largest absolute Gasteiger partial charge is 0.495 e. The summed E-state index contributed by atoms with van der Waals surface area (Å²) in [6.45, 7) is 0. The van der Waals surface area contributed by atoms with Crippen molar-refractivity contribution in [1.29, 1.82) is 5.26 Å². The molecule has 2 aromatic carbocycles. The second-order valence-corrected chi connectivity index (χ2v) is 5.00. The van der Waals surface area contributed by atoms with Gasteiger partial charge in [0, 0.05) is 22.2 Å². The quantitative estimate of drug-likeness (QED) is 0.751. The first kappa shape index (κ1) is 14.7. The van der Waals surface area contributed by atoms with E-state index in [1.54, 1.807) is 18.2 Å². The average molecular weight is 306 g/mol. The van der Waals surface area contributed by atoms with Gasteiger partial charge in [0.05, 0.1) is 25.3 Å². The van der Waals surface area contributed by atoms with E-state index in [1.807, 2.05) is 24.3 Å². The third-order valence-corrected chi connectivity index (χ3v) is 3.67. The Labute approximate surface area is 133 Å². The summed E-state index contributed by atoms with van der Waals surface area (Å²) in [5.74, 6) is 0.161. The zero-order valence-electron chi connectivity index (χ0n) is 12.7. The van der Waals surface area contributed by atoms with Crippen LogP contribution in [0.25, 0.3) is 22.2 Å². The van der Waals surface area contributed by atoms with Crippen molar-refractivity contribution in [3.8, 4) is 23.1 Å². The van der Waals surface area contributed by atoms with Gasteiger partial charge in [-0.25, -0.2) is 4.79 Å². The standard InChI is InChI=1S/C18H14N2O3/c1-22-17-9-11(3-4-13(17)10-19)16-8-14-7-12(18(21)23-2)5-6-15(14)20-16/h3-9,20H,1-2H3. The van der Waals surface area contributed by atoms with Crippen LogP contribution in [0.3, 0.4) is 0 Å². The number of nitrogens with one attached hydrogen (secondary N) is 1. The van der Waals surface area contributed by atoms with Gasteiger partial charge in [0.2, 0.25) is 0 Å². The minimum absolute atomic E-state index is 0.366. The predicted octanol–water partition coefficient (Wildman–Crippen LogP) is 3.50. The molecule has 0 atom stereocenters. The maximum absolute atomic E-state index is 11.6. The van der Waals surface area contributed by atoms with Gasteiger partial charge in [-0.3, -0.25) is 0 Å². The summed E-state index contributed by atoms with van der Waals surface area (Å²) in [4.78, 5) is 14.9. The molecule has 0 aliphatic rings. The Morgan fingerprint density at radius 1 is 1.13 bits per heavy atom. The monoisotopic (exact) mass is 306 g/mol. The summed E-state index contributed by atoms with van der Waals surface area (Å²) in [6, 6.07) is 14.8. The summed E-state index contributed by atoms with van der Waals surface area (Å²) >= 11 is 0. The molecule has 5 nitrogen and oxygen atoms in total. The van der Waals surface area contributed by atoms with Crippen molar-refractivity contribution in [3.63, 3.8) is 0 Å². The number of benzene rings is 2. The lowest BCUT2D eigenvalue weighted by atomic mass is 10.1. The maximum atomic E-state index is 11.6. The van der Waals surface area contributed by atoms with Crippen LogP contribution < -0.4 is 4.74 Å². The van der Waals surface area contributed by atoms with E-state index in [4.69, 9.17) is 14.7 Å². The second-order valence-electron chi connectivity index (χ2n) is 5.00. The molecule has 5 heteroatoms. The van der Waals surface area contributed by atoms with Crippen LogP contribution >= 0.6 is 0 Å². The molecule has 1 N–H and O–H groups in total. The van der Waals surface area contributed by atoms with Gasteiger partial charge < -0.3 is 14.5 Å². The smallest absolute Gasteiger partial charge is 0.337 e. The fourth-order valence-corrected chi connectivity index (χ4v) is 2.48. The maximum Gasteiger partial charge on any atom is 0.337 e. The average Bonchev–Trinajstić information content (AvgIpc) is 3.03. The van der Waals surface area contributed by atoms with Gasteiger partial charge in [0.25, 0.3) is 0 Å². The van der Waals surface area contributed by atoms with Gasteiger partial charge >= 0.3 is 5.97 Å². The number of aromatic amines is 1. The van der Waals surface area contributed by atoms with E-state index in [2.05, 4.69) is 11.1 Å². The van der Waals surface area contributed by atoms with Gasteiger partial charge in [0.15, 0.2) is 0 Å². The van der Waals surface area contributed by atoms with E-state index >= 15 is 0 Å². The number of carbonyl (C=O) groups is 1. The number of nitriles is 1. The number of carbonyl (C=O) groups excluding carboxylic acids is 1. The highest BCUT2D eigenvalue weighted by Crippen LogP contribution is 2.29. The number of H-pyrrole nitrogens is 1. The lowest BCUT2D eigenvalue weighted by Crippen LogP contribution is -2.00. The number of esters is 1. The van der Waals surface area contributed by atoms with Gasteiger partial charge in [-0.1, -0.05) is 6.07 Å². The van der Waals surface area contributed by atoms with Crippen LogP contribution in [0.1, 0.15) is 15.9 Å². The summed E-state index contributed by atoms with van der Waals surface area (Å²) < 4.78 is 9.98. The Bertz CT molecular complexity index is 935. The van der Waals surface area contributed by atoms with Gasteiger partial charge in [-0.05, 0) is 36.4 Å². The molecule has 0 bridgehead atoms. The molecule has 1 heterocycles. The van der Waals surface area contributed by atoms with Crippen LogP contribution in [0.15, 0.2) is 42.5 Å². The first-order chi connectivity index (χ1) is 11.2. The normalized spacial score (nSPS) is 10.3. The zero-order chi connectivity index (χ0) is 16.4. The lowest BCUT2D eigenvalue weighted by Gasteiger charge is -2.04. The van der Waals surface area contributed by atoms with E-state index in [0.717, 1.165) is 22.2 Å². The number of hydrogen-bond acceptors (Lipinski definition) is 4. The Balaban J connectivity index is 2.07. The Hall–Kier alpha value is -3.26. The highest BCUT2D eigenvalue weighted by atomic mass is 16.5. The van der Waals surface area contributed by atoms with Crippen molar-refractivity contribution in [2.75, 3.05) is 14.2 Å². The fraction of sp³-hybridized carbons (Fsp3) is 0.111. The van der Waals surface area contributed by atoms with Crippen LogP contribution in [0.2, 0.25) is 0 Å². The Kier molecular flexibility index (Phi) is 3.73. The molecule has 0 saturated heterocycles. The van der Waals surface area contributed by atoms with Crippen molar-refractivity contribution in [2.45, 2.75) is 0 Å². The topological polar surface area (TPSA) is 75.1 Å². The molecular weight excluding hydrogens is 292 g/mol. The summed E-state index contributed by atoms with van der Waals surface area (Å²) in [5, 5.41) is 9.96. The third kappa shape index (κ3) is 2.62. The highest BCUT2D eigenvalue weighted by molar-refractivity contribution is 5.96. The van der Waals surface area contributed by atoms with E-state index in [0.29, 0.717) is 16.9 Å². The molecule has 0 radical (unpaired) electrons. The number of aromatic nitrogens is 1. The number of ether oxygens (including phenoxy) is 2. The SMILES string of the molecule is COC(=O)c1ccc2[nH]c(-c3ccc(C#N)c(OC)c3)cc2c1. The summed E-state index contributed by atoms with van der Waals surface area (Å²) in [7, 11) is 2.89. The van der Waals surface area contributed by atoms with Crippen molar-refractivity contribution < 1.29 is 14.3 Å². The van der Waals surface area contributed by atoms with Crippen LogP contribution in [0, 0.1) is 11.3 Å². The molecule has 0 spiro atoms. The minimum Gasteiger partial charge on any atom is -0.495 e. The first-order valence-electron chi connectivity index (χ1n) is 6.96. The van der Waals surface area contributed by atoms with Crippen molar-refractivity contribution in [1.82, 2.24) is 4.98 Å². The molecule has 0 aliphatic carbocycles. The lowest BCUT2D eigenvalue weighted by molar-refractivity contribution is 0.0601. The number of nitrogens with zero attached hydrogens (tertiary/aromatic N) is 1. The zero-order valence-corrected chi connectivity index (χ0v) is 12.7. The van der Waals surface area contributed by atoms with E-state index in [-0.39, 0.29) is 5.97 Å². The Morgan fingerprint density at radius 3 is 2.65 bits per heavy atom. The summed E-state index contributed by atoms with van der Waals surface area (Å²) in [5.41, 5.74) is 3.68. The Morgan fingerprint density at radius 2 is 1.96 bits per heavy atom. The van der Waals surface area contributed by atoms with E-state index in [9.17, 15) is 4.79 Å². The molecule has 23 heavy (non-hydrogen) atoms. The molecule has 3 aromatic rings. The van der Waals surface area contributed by atoms with Crippen molar-refractivity contribution in [2.24, 2.45) is 0 Å². The molecule has 0 aliphatic heterocycles. The van der Waals surface area contributed by atoms with E-state index in [1.165, 1.54) is 14.2 Å². The van der Waals surface area contributed by atoms with E-state index < -0.39 is 0 Å². The molecule has 3 rings (SSSR count). The first-order valence-corrected chi connectivity index (χ1v) is 6.96. The predicted molar refractivity (Wildman–Crippen MR) is 86.3 cm³/mol. The molecule has 1 aromatic heterocycles. The number of fused-ring (bicyclic) bond motifs is 1. The number of hydrogen-bond donors (Lipinski definition) is 1. The molecule has 0 saturated carbocycles. The number of rotatable bonds is 3. The van der Waals surface area contributed by atoms with Crippen LogP contribution in [-0.2, 0) is 4.74 Å². The van der Waals surface area contributed by atoms with Crippen molar-refractivity contribution >= 4 is 16.9 Å². The molecule has 114 valence electrons. The summed E-state index contributed by atoms with van der Waals surface area (Å²) in [6.07, 6.45) is 0. The van der Waals surface area contributed by atoms with Gasteiger partial charge in [0.1, 0.15) is 11.8 Å².